The minimum atomic E-state index is -3.29. The summed E-state index contributed by atoms with van der Waals surface area (Å²) in [6, 6.07) is 11.9. The van der Waals surface area contributed by atoms with Gasteiger partial charge in [0.05, 0.1) is 11.9 Å². The van der Waals surface area contributed by atoms with Gasteiger partial charge in [0.1, 0.15) is 0 Å². The zero-order chi connectivity index (χ0) is 17.3. The van der Waals surface area contributed by atoms with E-state index < -0.39 is 10.0 Å². The lowest BCUT2D eigenvalue weighted by atomic mass is 10.0. The van der Waals surface area contributed by atoms with Gasteiger partial charge in [0.15, 0.2) is 0 Å². The van der Waals surface area contributed by atoms with E-state index in [0.717, 1.165) is 18.4 Å². The molecule has 1 amide bonds. The molecule has 24 heavy (non-hydrogen) atoms. The maximum Gasteiger partial charge on any atom is 0.255 e. The minimum absolute atomic E-state index is 0.234. The highest BCUT2D eigenvalue weighted by Gasteiger charge is 2.24. The van der Waals surface area contributed by atoms with Crippen molar-refractivity contribution < 1.29 is 13.2 Å². The molecular weight excluding hydrogens is 348 g/mol. The van der Waals surface area contributed by atoms with Crippen molar-refractivity contribution in [1.29, 1.82) is 0 Å². The van der Waals surface area contributed by atoms with E-state index in [2.05, 4.69) is 5.32 Å². The van der Waals surface area contributed by atoms with Crippen LogP contribution in [0.5, 0.6) is 0 Å². The lowest BCUT2D eigenvalue weighted by Crippen LogP contribution is -2.34. The van der Waals surface area contributed by atoms with E-state index in [9.17, 15) is 13.2 Å². The van der Waals surface area contributed by atoms with Gasteiger partial charge in [-0.3, -0.25) is 9.10 Å². The number of amides is 1. The van der Waals surface area contributed by atoms with E-state index in [0.29, 0.717) is 28.5 Å². The molecule has 1 aliphatic rings. The minimum Gasteiger partial charge on any atom is -0.322 e. The SMILES string of the molecule is CS(=O)(=O)N1CCCc2cc(NC(=O)c3ccc(Cl)cc3)ccc21. The predicted molar refractivity (Wildman–Crippen MR) is 96.4 cm³/mol. The molecule has 5 nitrogen and oxygen atoms in total. The molecule has 126 valence electrons. The average molecular weight is 365 g/mol. The van der Waals surface area contributed by atoms with Crippen molar-refractivity contribution in [3.05, 3.63) is 58.6 Å². The zero-order valence-electron chi connectivity index (χ0n) is 13.1. The van der Waals surface area contributed by atoms with Gasteiger partial charge in [-0.25, -0.2) is 8.42 Å². The van der Waals surface area contributed by atoms with Crippen LogP contribution >= 0.6 is 11.6 Å². The molecule has 0 saturated heterocycles. The van der Waals surface area contributed by atoms with Gasteiger partial charge in [-0.15, -0.1) is 0 Å². The van der Waals surface area contributed by atoms with E-state index >= 15 is 0 Å². The largest absolute Gasteiger partial charge is 0.322 e. The third kappa shape index (κ3) is 3.55. The van der Waals surface area contributed by atoms with Gasteiger partial charge >= 0.3 is 0 Å². The summed E-state index contributed by atoms with van der Waals surface area (Å²) in [4.78, 5) is 12.3. The fraction of sp³-hybridized carbons (Fsp3) is 0.235. The maximum atomic E-state index is 12.3. The van der Waals surface area contributed by atoms with Crippen LogP contribution in [0.4, 0.5) is 11.4 Å². The number of carbonyl (C=O) groups excluding carboxylic acids is 1. The Balaban J connectivity index is 1.84. The Morgan fingerprint density at radius 2 is 1.88 bits per heavy atom. The van der Waals surface area contributed by atoms with Gasteiger partial charge in [0, 0.05) is 22.8 Å². The Labute approximate surface area is 146 Å². The van der Waals surface area contributed by atoms with Crippen molar-refractivity contribution in [2.24, 2.45) is 0 Å². The molecule has 3 rings (SSSR count). The van der Waals surface area contributed by atoms with Gasteiger partial charge in [-0.05, 0) is 60.9 Å². The molecule has 2 aromatic carbocycles. The number of benzene rings is 2. The van der Waals surface area contributed by atoms with Crippen molar-refractivity contribution in [2.45, 2.75) is 12.8 Å². The summed E-state index contributed by atoms with van der Waals surface area (Å²) >= 11 is 5.82. The Kier molecular flexibility index (Phi) is 4.51. The molecule has 0 atom stereocenters. The van der Waals surface area contributed by atoms with E-state index in [-0.39, 0.29) is 5.91 Å². The fourth-order valence-electron chi connectivity index (χ4n) is 2.79. The van der Waals surface area contributed by atoms with Crippen molar-refractivity contribution in [2.75, 3.05) is 22.4 Å². The lowest BCUT2D eigenvalue weighted by molar-refractivity contribution is 0.102. The molecule has 0 unspecified atom stereocenters. The van der Waals surface area contributed by atoms with Crippen molar-refractivity contribution in [3.8, 4) is 0 Å². The first-order valence-electron chi connectivity index (χ1n) is 7.52. The molecule has 0 saturated carbocycles. The van der Waals surface area contributed by atoms with Crippen molar-refractivity contribution in [1.82, 2.24) is 0 Å². The summed E-state index contributed by atoms with van der Waals surface area (Å²) in [5.74, 6) is -0.234. The van der Waals surface area contributed by atoms with Gasteiger partial charge < -0.3 is 5.32 Å². The molecule has 1 N–H and O–H groups in total. The summed E-state index contributed by atoms with van der Waals surface area (Å²) in [6.07, 6.45) is 2.75. The average Bonchev–Trinajstić information content (AvgIpc) is 2.53. The standard InChI is InChI=1S/C17H17ClN2O3S/c1-24(22,23)20-10-2-3-13-11-15(8-9-16(13)20)19-17(21)12-4-6-14(18)7-5-12/h4-9,11H,2-3,10H2,1H3,(H,19,21). The Morgan fingerprint density at radius 1 is 1.17 bits per heavy atom. The second-order valence-electron chi connectivity index (χ2n) is 5.74. The molecule has 0 spiro atoms. The number of carbonyl (C=O) groups is 1. The number of nitrogens with one attached hydrogen (secondary N) is 1. The Hall–Kier alpha value is -2.05. The number of hydrogen-bond donors (Lipinski definition) is 1. The maximum absolute atomic E-state index is 12.3. The summed E-state index contributed by atoms with van der Waals surface area (Å²) in [6.45, 7) is 0.488. The quantitative estimate of drug-likeness (QED) is 0.908. The first-order valence-corrected chi connectivity index (χ1v) is 9.75. The molecular formula is C17H17ClN2O3S. The highest BCUT2D eigenvalue weighted by molar-refractivity contribution is 7.92. The molecule has 1 aliphatic heterocycles. The number of hydrogen-bond acceptors (Lipinski definition) is 3. The number of fused-ring (bicyclic) bond motifs is 1. The Morgan fingerprint density at radius 3 is 2.54 bits per heavy atom. The first kappa shape index (κ1) is 16.8. The molecule has 2 aromatic rings. The topological polar surface area (TPSA) is 66.5 Å². The van der Waals surface area contributed by atoms with Crippen LogP contribution in [0.1, 0.15) is 22.3 Å². The molecule has 0 radical (unpaired) electrons. The van der Waals surface area contributed by atoms with Crippen LogP contribution in [0.2, 0.25) is 5.02 Å². The van der Waals surface area contributed by atoms with Gasteiger partial charge in [-0.2, -0.15) is 0 Å². The van der Waals surface area contributed by atoms with Gasteiger partial charge in [0.2, 0.25) is 10.0 Å². The van der Waals surface area contributed by atoms with Crippen LogP contribution in [0.15, 0.2) is 42.5 Å². The van der Waals surface area contributed by atoms with E-state index in [4.69, 9.17) is 11.6 Å². The fourth-order valence-corrected chi connectivity index (χ4v) is 3.91. The summed E-state index contributed by atoms with van der Waals surface area (Å²) < 4.78 is 25.2. The molecule has 1 heterocycles. The molecule has 0 fully saturated rings. The molecule has 0 bridgehead atoms. The lowest BCUT2D eigenvalue weighted by Gasteiger charge is -2.29. The summed E-state index contributed by atoms with van der Waals surface area (Å²) in [5, 5.41) is 3.40. The van der Waals surface area contributed by atoms with E-state index in [1.54, 1.807) is 36.4 Å². The second-order valence-corrected chi connectivity index (χ2v) is 8.09. The normalized spacial score (nSPS) is 14.2. The zero-order valence-corrected chi connectivity index (χ0v) is 14.7. The number of sulfonamides is 1. The monoisotopic (exact) mass is 364 g/mol. The van der Waals surface area contributed by atoms with Crippen LogP contribution in [0, 0.1) is 0 Å². The first-order chi connectivity index (χ1) is 11.3. The van der Waals surface area contributed by atoms with Crippen LogP contribution in [-0.2, 0) is 16.4 Å². The third-order valence-corrected chi connectivity index (χ3v) is 5.35. The highest BCUT2D eigenvalue weighted by atomic mass is 35.5. The molecule has 0 aliphatic carbocycles. The summed E-state index contributed by atoms with van der Waals surface area (Å²) in [5.41, 5.74) is 2.76. The molecule has 0 aromatic heterocycles. The van der Waals surface area contributed by atoms with Crippen LogP contribution in [0.25, 0.3) is 0 Å². The third-order valence-electron chi connectivity index (χ3n) is 3.92. The number of nitrogens with zero attached hydrogens (tertiary/aromatic N) is 1. The van der Waals surface area contributed by atoms with E-state index in [1.165, 1.54) is 10.6 Å². The van der Waals surface area contributed by atoms with Crippen LogP contribution in [0.3, 0.4) is 0 Å². The van der Waals surface area contributed by atoms with Gasteiger partial charge in [0.25, 0.3) is 5.91 Å². The number of anilines is 2. The number of halogens is 1. The number of rotatable bonds is 3. The van der Waals surface area contributed by atoms with E-state index in [1.807, 2.05) is 6.07 Å². The van der Waals surface area contributed by atoms with Crippen LogP contribution < -0.4 is 9.62 Å². The van der Waals surface area contributed by atoms with Crippen molar-refractivity contribution >= 4 is 38.9 Å². The van der Waals surface area contributed by atoms with Crippen molar-refractivity contribution in [3.63, 3.8) is 0 Å². The smallest absolute Gasteiger partial charge is 0.255 e. The number of aryl methyl sites for hydroxylation is 1. The van der Waals surface area contributed by atoms with Crippen LogP contribution in [-0.4, -0.2) is 27.1 Å². The second kappa shape index (κ2) is 6.45. The molecule has 7 heteroatoms. The highest BCUT2D eigenvalue weighted by Crippen LogP contribution is 2.31. The Bertz CT molecular complexity index is 879. The predicted octanol–water partition coefficient (Wildman–Crippen LogP) is 3.30. The van der Waals surface area contributed by atoms with Gasteiger partial charge in [-0.1, -0.05) is 11.6 Å². The summed E-state index contributed by atoms with van der Waals surface area (Å²) in [7, 11) is -3.29.